The van der Waals surface area contributed by atoms with Crippen molar-refractivity contribution in [3.05, 3.63) is 176 Å². The van der Waals surface area contributed by atoms with E-state index in [-0.39, 0.29) is 0 Å². The molecule has 0 aliphatic heterocycles. The van der Waals surface area contributed by atoms with Gasteiger partial charge in [-0.2, -0.15) is 0 Å². The minimum Gasteiger partial charge on any atom is -0.456 e. The third-order valence-electron chi connectivity index (χ3n) is 8.93. The predicted octanol–water partition coefficient (Wildman–Crippen LogP) is 11.8. The van der Waals surface area contributed by atoms with Gasteiger partial charge in [-0.3, -0.25) is 0 Å². The van der Waals surface area contributed by atoms with Gasteiger partial charge in [-0.25, -0.2) is 15.0 Å². The SMILES string of the molecule is c1ccc(-c2cccc(-c3cccc(-c4cccc5oc6ccc(-c7nc(-c8ccccc8)nc(-c8ccccc8)n7)cc6c45)c3)c2)cc1. The third kappa shape index (κ3) is 5.45. The molecule has 2 heterocycles. The van der Waals surface area contributed by atoms with E-state index in [1.54, 1.807) is 0 Å². The van der Waals surface area contributed by atoms with Gasteiger partial charge in [-0.1, -0.05) is 140 Å². The first-order valence-electron chi connectivity index (χ1n) is 16.4. The van der Waals surface area contributed by atoms with Crippen molar-refractivity contribution in [2.24, 2.45) is 0 Å². The van der Waals surface area contributed by atoms with E-state index in [0.717, 1.165) is 55.3 Å². The van der Waals surface area contributed by atoms with Gasteiger partial charge >= 0.3 is 0 Å². The van der Waals surface area contributed by atoms with E-state index < -0.39 is 0 Å². The Balaban J connectivity index is 1.17. The van der Waals surface area contributed by atoms with Gasteiger partial charge in [0.1, 0.15) is 11.2 Å². The quantitative estimate of drug-likeness (QED) is 0.184. The summed E-state index contributed by atoms with van der Waals surface area (Å²) >= 11 is 0. The molecule has 4 nitrogen and oxygen atoms in total. The van der Waals surface area contributed by atoms with Crippen LogP contribution in [0.1, 0.15) is 0 Å². The summed E-state index contributed by atoms with van der Waals surface area (Å²) in [4.78, 5) is 14.8. The van der Waals surface area contributed by atoms with Crippen LogP contribution in [0, 0.1) is 0 Å². The van der Waals surface area contributed by atoms with E-state index in [0.29, 0.717) is 17.5 Å². The lowest BCUT2D eigenvalue weighted by atomic mass is 9.94. The number of hydrogen-bond donors (Lipinski definition) is 0. The maximum absolute atomic E-state index is 6.42. The fourth-order valence-corrected chi connectivity index (χ4v) is 6.52. The van der Waals surface area contributed by atoms with Crippen LogP contribution in [-0.2, 0) is 0 Å². The molecule has 0 N–H and O–H groups in total. The summed E-state index contributed by atoms with van der Waals surface area (Å²) in [6.07, 6.45) is 0. The maximum Gasteiger partial charge on any atom is 0.164 e. The first kappa shape index (κ1) is 28.6. The summed E-state index contributed by atoms with van der Waals surface area (Å²) in [7, 11) is 0. The van der Waals surface area contributed by atoms with Crippen molar-refractivity contribution in [2.75, 3.05) is 0 Å². The third-order valence-corrected chi connectivity index (χ3v) is 8.93. The summed E-state index contributed by atoms with van der Waals surface area (Å²) in [5.41, 5.74) is 11.4. The van der Waals surface area contributed by atoms with Gasteiger partial charge in [0.2, 0.25) is 0 Å². The van der Waals surface area contributed by atoms with Gasteiger partial charge in [-0.05, 0) is 69.8 Å². The zero-order valence-corrected chi connectivity index (χ0v) is 26.5. The highest BCUT2D eigenvalue weighted by Crippen LogP contribution is 2.39. The zero-order chi connectivity index (χ0) is 32.6. The van der Waals surface area contributed by atoms with Crippen LogP contribution >= 0.6 is 0 Å². The number of benzene rings is 7. The van der Waals surface area contributed by atoms with E-state index in [1.807, 2.05) is 84.9 Å². The molecular weight excluding hydrogens is 599 g/mol. The zero-order valence-electron chi connectivity index (χ0n) is 26.5. The van der Waals surface area contributed by atoms with Crippen LogP contribution in [0.4, 0.5) is 0 Å². The van der Waals surface area contributed by atoms with Crippen LogP contribution in [0.2, 0.25) is 0 Å². The Kier molecular flexibility index (Phi) is 7.10. The van der Waals surface area contributed by atoms with Gasteiger partial charge < -0.3 is 4.42 Å². The Bertz CT molecular complexity index is 2540. The second-order valence-corrected chi connectivity index (χ2v) is 12.1. The first-order chi connectivity index (χ1) is 24.3. The molecule has 9 aromatic rings. The molecule has 0 bridgehead atoms. The summed E-state index contributed by atoms with van der Waals surface area (Å²) in [5.74, 6) is 1.88. The van der Waals surface area contributed by atoms with E-state index in [9.17, 15) is 0 Å². The number of nitrogens with zero attached hydrogens (tertiary/aromatic N) is 3. The van der Waals surface area contributed by atoms with Gasteiger partial charge in [0.15, 0.2) is 17.5 Å². The molecule has 0 unspecified atom stereocenters. The van der Waals surface area contributed by atoms with Crippen molar-refractivity contribution in [3.63, 3.8) is 0 Å². The Morgan fingerprint density at radius 2 is 0.776 bits per heavy atom. The Labute approximate surface area is 284 Å². The lowest BCUT2D eigenvalue weighted by Crippen LogP contribution is -2.00. The number of aromatic nitrogens is 3. The fraction of sp³-hybridized carbons (Fsp3) is 0. The Morgan fingerprint density at radius 3 is 1.39 bits per heavy atom. The first-order valence-corrected chi connectivity index (χ1v) is 16.4. The molecule has 0 aliphatic rings. The molecule has 49 heavy (non-hydrogen) atoms. The summed E-state index contributed by atoms with van der Waals surface area (Å²) in [6, 6.07) is 60.6. The van der Waals surface area contributed by atoms with Crippen LogP contribution < -0.4 is 0 Å². The van der Waals surface area contributed by atoms with E-state index in [4.69, 9.17) is 19.4 Å². The Morgan fingerprint density at radius 1 is 0.306 bits per heavy atom. The molecule has 0 atom stereocenters. The molecule has 9 rings (SSSR count). The standard InChI is InChI=1S/C45H29N3O/c1-4-13-30(14-5-1)33-19-10-20-34(27-33)35-21-11-22-36(28-35)38-23-12-24-41-42(38)39-29-37(25-26-40(39)49-41)45-47-43(31-15-6-2-7-16-31)46-44(48-45)32-17-8-3-9-18-32/h1-29H. The van der Waals surface area contributed by atoms with E-state index in [1.165, 1.54) is 16.7 Å². The normalized spacial score (nSPS) is 11.3. The molecule has 0 aliphatic carbocycles. The number of furan rings is 1. The average Bonchev–Trinajstić information content (AvgIpc) is 3.57. The Hall–Kier alpha value is -6.65. The molecule has 0 fully saturated rings. The highest BCUT2D eigenvalue weighted by molar-refractivity contribution is 6.13. The van der Waals surface area contributed by atoms with Crippen molar-refractivity contribution >= 4 is 21.9 Å². The van der Waals surface area contributed by atoms with Gasteiger partial charge in [0.05, 0.1) is 0 Å². The van der Waals surface area contributed by atoms with E-state index in [2.05, 4.69) is 91.0 Å². The number of hydrogen-bond acceptors (Lipinski definition) is 4. The van der Waals surface area contributed by atoms with Crippen molar-refractivity contribution in [2.45, 2.75) is 0 Å². The monoisotopic (exact) mass is 627 g/mol. The highest BCUT2D eigenvalue weighted by atomic mass is 16.3. The van der Waals surface area contributed by atoms with Crippen molar-refractivity contribution < 1.29 is 4.42 Å². The van der Waals surface area contributed by atoms with Crippen LogP contribution in [0.3, 0.4) is 0 Å². The average molecular weight is 628 g/mol. The van der Waals surface area contributed by atoms with Crippen LogP contribution in [0.5, 0.6) is 0 Å². The van der Waals surface area contributed by atoms with Crippen LogP contribution in [0.25, 0.3) is 89.5 Å². The predicted molar refractivity (Wildman–Crippen MR) is 200 cm³/mol. The summed E-state index contributed by atoms with van der Waals surface area (Å²) in [6.45, 7) is 0. The van der Waals surface area contributed by atoms with Crippen LogP contribution in [0.15, 0.2) is 180 Å². The molecule has 0 saturated heterocycles. The largest absolute Gasteiger partial charge is 0.456 e. The lowest BCUT2D eigenvalue weighted by Gasteiger charge is -2.10. The lowest BCUT2D eigenvalue weighted by molar-refractivity contribution is 0.669. The molecule has 0 saturated carbocycles. The van der Waals surface area contributed by atoms with Gasteiger partial charge in [-0.15, -0.1) is 0 Å². The highest BCUT2D eigenvalue weighted by Gasteiger charge is 2.17. The van der Waals surface area contributed by atoms with Crippen molar-refractivity contribution in [3.8, 4) is 67.5 Å². The number of fused-ring (bicyclic) bond motifs is 3. The fourth-order valence-electron chi connectivity index (χ4n) is 6.52. The van der Waals surface area contributed by atoms with Crippen molar-refractivity contribution in [1.82, 2.24) is 15.0 Å². The second-order valence-electron chi connectivity index (χ2n) is 12.1. The minimum atomic E-state index is 0.613. The molecule has 230 valence electrons. The molecule has 0 radical (unpaired) electrons. The molecule has 4 heteroatoms. The molecule has 0 spiro atoms. The van der Waals surface area contributed by atoms with E-state index >= 15 is 0 Å². The number of rotatable bonds is 6. The molecule has 0 amide bonds. The smallest absolute Gasteiger partial charge is 0.164 e. The molecule has 2 aromatic heterocycles. The van der Waals surface area contributed by atoms with Crippen LogP contribution in [-0.4, -0.2) is 15.0 Å². The minimum absolute atomic E-state index is 0.613. The molecular formula is C45H29N3O. The summed E-state index contributed by atoms with van der Waals surface area (Å²) in [5, 5.41) is 2.08. The van der Waals surface area contributed by atoms with Crippen molar-refractivity contribution in [1.29, 1.82) is 0 Å². The summed E-state index contributed by atoms with van der Waals surface area (Å²) < 4.78 is 6.42. The van der Waals surface area contributed by atoms with Gasteiger partial charge in [0.25, 0.3) is 0 Å². The molecule has 7 aromatic carbocycles. The second kappa shape index (κ2) is 12.2. The topological polar surface area (TPSA) is 51.8 Å². The maximum atomic E-state index is 6.42. The van der Waals surface area contributed by atoms with Gasteiger partial charge in [0, 0.05) is 27.5 Å².